The van der Waals surface area contributed by atoms with Crippen molar-refractivity contribution < 1.29 is 19.1 Å². The molecule has 6 heteroatoms. The third kappa shape index (κ3) is 3.13. The summed E-state index contributed by atoms with van der Waals surface area (Å²) in [5, 5.41) is 0. The van der Waals surface area contributed by atoms with E-state index in [4.69, 9.17) is 4.74 Å². The zero-order chi connectivity index (χ0) is 18.1. The molecule has 134 valence electrons. The SMILES string of the molecule is COc1ccccc1N(CN1C(=O)[C@H]2C[C@@H](C)CC[C@H]2C1=O)C(C)=O. The van der Waals surface area contributed by atoms with Gasteiger partial charge in [-0.05, 0) is 37.3 Å². The number of hydrogen-bond acceptors (Lipinski definition) is 4. The first-order valence-corrected chi connectivity index (χ1v) is 8.70. The predicted octanol–water partition coefficient (Wildman–Crippen LogP) is 2.43. The van der Waals surface area contributed by atoms with Crippen LogP contribution in [0.4, 0.5) is 5.69 Å². The van der Waals surface area contributed by atoms with E-state index in [0.717, 1.165) is 19.3 Å². The van der Waals surface area contributed by atoms with Gasteiger partial charge in [0.2, 0.25) is 17.7 Å². The molecule has 3 atom stereocenters. The lowest BCUT2D eigenvalue weighted by Gasteiger charge is -2.27. The van der Waals surface area contributed by atoms with Gasteiger partial charge in [-0.1, -0.05) is 19.1 Å². The summed E-state index contributed by atoms with van der Waals surface area (Å²) < 4.78 is 5.32. The number of carbonyl (C=O) groups is 3. The average Bonchev–Trinajstić information content (AvgIpc) is 2.83. The molecule has 1 saturated carbocycles. The lowest BCUT2D eigenvalue weighted by Crippen LogP contribution is -2.44. The molecule has 0 radical (unpaired) electrons. The van der Waals surface area contributed by atoms with E-state index in [1.807, 2.05) is 6.07 Å². The van der Waals surface area contributed by atoms with Crippen LogP contribution in [0.5, 0.6) is 5.75 Å². The molecule has 1 aliphatic carbocycles. The van der Waals surface area contributed by atoms with Crippen molar-refractivity contribution in [2.75, 3.05) is 18.7 Å². The third-order valence-corrected chi connectivity index (χ3v) is 5.32. The van der Waals surface area contributed by atoms with Gasteiger partial charge in [-0.25, -0.2) is 0 Å². The number of imide groups is 1. The summed E-state index contributed by atoms with van der Waals surface area (Å²) in [7, 11) is 1.53. The van der Waals surface area contributed by atoms with Crippen molar-refractivity contribution in [1.29, 1.82) is 0 Å². The first-order valence-electron chi connectivity index (χ1n) is 8.70. The summed E-state index contributed by atoms with van der Waals surface area (Å²) in [4.78, 5) is 40.4. The summed E-state index contributed by atoms with van der Waals surface area (Å²) in [5.74, 6) is -0.0177. The quantitative estimate of drug-likeness (QED) is 0.787. The van der Waals surface area contributed by atoms with E-state index in [-0.39, 0.29) is 36.2 Å². The van der Waals surface area contributed by atoms with Gasteiger partial charge >= 0.3 is 0 Å². The smallest absolute Gasteiger partial charge is 0.234 e. The van der Waals surface area contributed by atoms with E-state index in [1.165, 1.54) is 23.8 Å². The fraction of sp³-hybridized carbons (Fsp3) is 0.526. The van der Waals surface area contributed by atoms with E-state index < -0.39 is 0 Å². The summed E-state index contributed by atoms with van der Waals surface area (Å²) in [6.07, 6.45) is 2.47. The highest BCUT2D eigenvalue weighted by molar-refractivity contribution is 6.06. The van der Waals surface area contributed by atoms with Crippen LogP contribution >= 0.6 is 0 Å². The van der Waals surface area contributed by atoms with Gasteiger partial charge in [-0.15, -0.1) is 0 Å². The van der Waals surface area contributed by atoms with Crippen LogP contribution in [0, 0.1) is 17.8 Å². The largest absolute Gasteiger partial charge is 0.495 e. The molecule has 0 aromatic heterocycles. The number of benzene rings is 1. The van der Waals surface area contributed by atoms with Gasteiger partial charge in [0.1, 0.15) is 12.4 Å². The second-order valence-corrected chi connectivity index (χ2v) is 7.00. The Morgan fingerprint density at radius 2 is 1.88 bits per heavy atom. The van der Waals surface area contributed by atoms with Gasteiger partial charge in [-0.2, -0.15) is 0 Å². The van der Waals surface area contributed by atoms with Crippen LogP contribution in [-0.2, 0) is 14.4 Å². The molecule has 2 fully saturated rings. The van der Waals surface area contributed by atoms with E-state index in [1.54, 1.807) is 18.2 Å². The minimum Gasteiger partial charge on any atom is -0.495 e. The number of para-hydroxylation sites is 2. The molecule has 1 aliphatic heterocycles. The van der Waals surface area contributed by atoms with Crippen molar-refractivity contribution in [3.8, 4) is 5.75 Å². The standard InChI is InChI=1S/C19H24N2O4/c1-12-8-9-14-15(10-12)19(24)21(18(14)23)11-20(13(2)22)16-6-4-5-7-17(16)25-3/h4-7,12,14-15H,8-11H2,1-3H3/t12-,14+,15-/m0/s1. The number of carbonyl (C=O) groups excluding carboxylic acids is 3. The van der Waals surface area contributed by atoms with Gasteiger partial charge in [-0.3, -0.25) is 24.2 Å². The highest BCUT2D eigenvalue weighted by atomic mass is 16.5. The number of likely N-dealkylation sites (tertiary alicyclic amines) is 1. The molecule has 0 bridgehead atoms. The summed E-state index contributed by atoms with van der Waals surface area (Å²) in [6, 6.07) is 7.10. The zero-order valence-electron chi connectivity index (χ0n) is 14.9. The van der Waals surface area contributed by atoms with Crippen LogP contribution in [0.1, 0.15) is 33.1 Å². The number of methoxy groups -OCH3 is 1. The van der Waals surface area contributed by atoms with Gasteiger partial charge in [0, 0.05) is 6.92 Å². The maximum absolute atomic E-state index is 12.8. The molecule has 0 N–H and O–H groups in total. The van der Waals surface area contributed by atoms with Crippen LogP contribution in [0.15, 0.2) is 24.3 Å². The molecule has 1 heterocycles. The van der Waals surface area contributed by atoms with E-state index in [9.17, 15) is 14.4 Å². The Bertz CT molecular complexity index is 702. The van der Waals surface area contributed by atoms with Crippen LogP contribution in [0.2, 0.25) is 0 Å². The van der Waals surface area contributed by atoms with Crippen LogP contribution in [0.25, 0.3) is 0 Å². The minimum absolute atomic E-state index is 0.0608. The molecule has 1 aromatic rings. The molecule has 0 unspecified atom stereocenters. The van der Waals surface area contributed by atoms with E-state index in [2.05, 4.69) is 6.92 Å². The molecular formula is C19H24N2O4. The Hall–Kier alpha value is -2.37. The predicted molar refractivity (Wildman–Crippen MR) is 92.9 cm³/mol. The van der Waals surface area contributed by atoms with Gasteiger partial charge in [0.05, 0.1) is 24.6 Å². The number of amides is 3. The topological polar surface area (TPSA) is 66.9 Å². The minimum atomic E-state index is -0.242. The van der Waals surface area contributed by atoms with Crippen molar-refractivity contribution in [2.45, 2.75) is 33.1 Å². The fourth-order valence-corrected chi connectivity index (χ4v) is 3.94. The second kappa shape index (κ2) is 6.86. The highest BCUT2D eigenvalue weighted by Gasteiger charge is 2.50. The Kier molecular flexibility index (Phi) is 4.79. The summed E-state index contributed by atoms with van der Waals surface area (Å²) in [5.41, 5.74) is 0.557. The van der Waals surface area contributed by atoms with Crippen molar-refractivity contribution >= 4 is 23.4 Å². The number of ether oxygens (including phenoxy) is 1. The normalized spacial score (nSPS) is 25.7. The summed E-state index contributed by atoms with van der Waals surface area (Å²) in [6.45, 7) is 3.48. The lowest BCUT2D eigenvalue weighted by molar-refractivity contribution is -0.140. The third-order valence-electron chi connectivity index (χ3n) is 5.32. The molecule has 6 nitrogen and oxygen atoms in total. The first kappa shape index (κ1) is 17.5. The maximum atomic E-state index is 12.8. The second-order valence-electron chi connectivity index (χ2n) is 7.00. The molecule has 3 amide bonds. The highest BCUT2D eigenvalue weighted by Crippen LogP contribution is 2.41. The molecule has 0 spiro atoms. The molecule has 25 heavy (non-hydrogen) atoms. The van der Waals surface area contributed by atoms with Gasteiger partial charge in [0.25, 0.3) is 0 Å². The van der Waals surface area contributed by atoms with Crippen LogP contribution < -0.4 is 9.64 Å². The number of hydrogen-bond donors (Lipinski definition) is 0. The Morgan fingerprint density at radius 3 is 2.56 bits per heavy atom. The molecular weight excluding hydrogens is 320 g/mol. The fourth-order valence-electron chi connectivity index (χ4n) is 3.94. The first-order chi connectivity index (χ1) is 11.9. The maximum Gasteiger partial charge on any atom is 0.234 e. The number of nitrogens with zero attached hydrogens (tertiary/aromatic N) is 2. The Balaban J connectivity index is 1.87. The van der Waals surface area contributed by atoms with Crippen molar-refractivity contribution in [3.05, 3.63) is 24.3 Å². The average molecular weight is 344 g/mol. The van der Waals surface area contributed by atoms with Crippen LogP contribution in [0.3, 0.4) is 0 Å². The monoisotopic (exact) mass is 344 g/mol. The Labute approximate surface area is 147 Å². The van der Waals surface area contributed by atoms with Crippen molar-refractivity contribution in [3.63, 3.8) is 0 Å². The molecule has 3 rings (SSSR count). The Morgan fingerprint density at radius 1 is 1.20 bits per heavy atom. The van der Waals surface area contributed by atoms with Crippen molar-refractivity contribution in [1.82, 2.24) is 4.90 Å². The zero-order valence-corrected chi connectivity index (χ0v) is 14.9. The van der Waals surface area contributed by atoms with Crippen molar-refractivity contribution in [2.24, 2.45) is 17.8 Å². The van der Waals surface area contributed by atoms with Gasteiger partial charge < -0.3 is 4.74 Å². The van der Waals surface area contributed by atoms with Gasteiger partial charge in [0.15, 0.2) is 0 Å². The van der Waals surface area contributed by atoms with E-state index >= 15 is 0 Å². The van der Waals surface area contributed by atoms with Crippen LogP contribution in [-0.4, -0.2) is 36.4 Å². The molecule has 1 aromatic carbocycles. The summed E-state index contributed by atoms with van der Waals surface area (Å²) >= 11 is 0. The molecule has 1 saturated heterocycles. The lowest BCUT2D eigenvalue weighted by atomic mass is 9.76. The van der Waals surface area contributed by atoms with E-state index in [0.29, 0.717) is 17.4 Å². The molecule has 2 aliphatic rings. The number of rotatable bonds is 4. The number of anilines is 1. The number of fused-ring (bicyclic) bond motifs is 1.